The lowest BCUT2D eigenvalue weighted by Crippen LogP contribution is -2.47. The molecule has 2 unspecified atom stereocenters. The maximum atomic E-state index is 5.48. The van der Waals surface area contributed by atoms with Crippen LogP contribution in [0.1, 0.15) is 47.3 Å². The van der Waals surface area contributed by atoms with Gasteiger partial charge < -0.3 is 4.52 Å². The van der Waals surface area contributed by atoms with Crippen LogP contribution in [0, 0.1) is 0 Å². The number of aromatic nitrogens is 1. The first-order valence-corrected chi connectivity index (χ1v) is 10.3. The van der Waals surface area contributed by atoms with Crippen molar-refractivity contribution in [3.63, 3.8) is 0 Å². The van der Waals surface area contributed by atoms with E-state index in [9.17, 15) is 0 Å². The van der Waals surface area contributed by atoms with Gasteiger partial charge in [0.15, 0.2) is 5.58 Å². The number of fused-ring (bicyclic) bond motifs is 4. The predicted octanol–water partition coefficient (Wildman–Crippen LogP) is 4.12. The van der Waals surface area contributed by atoms with Crippen molar-refractivity contribution in [2.75, 3.05) is 26.2 Å². The van der Waals surface area contributed by atoms with Crippen LogP contribution in [0.2, 0.25) is 0 Å². The van der Waals surface area contributed by atoms with Gasteiger partial charge in [-0.15, -0.1) is 0 Å². The minimum absolute atomic E-state index is 0.575. The zero-order chi connectivity index (χ0) is 17.8. The molecule has 138 valence electrons. The summed E-state index contributed by atoms with van der Waals surface area (Å²) in [5.41, 5.74) is 6.89. The summed E-state index contributed by atoms with van der Waals surface area (Å²) >= 11 is 0. The summed E-state index contributed by atoms with van der Waals surface area (Å²) in [4.78, 5) is 5.41. The number of hydrogen-bond acceptors (Lipinski definition) is 4. The molecular formula is C23H25N3O. The second kappa shape index (κ2) is 6.18. The summed E-state index contributed by atoms with van der Waals surface area (Å²) in [5.74, 6) is 0. The molecule has 3 aliphatic rings. The van der Waals surface area contributed by atoms with Crippen molar-refractivity contribution in [3.05, 3.63) is 64.8 Å². The Hall–Kier alpha value is -2.17. The number of nitrogens with zero attached hydrogens (tertiary/aromatic N) is 3. The normalized spacial score (nSPS) is 24.9. The van der Waals surface area contributed by atoms with Gasteiger partial charge in [0.25, 0.3) is 0 Å². The fourth-order valence-electron chi connectivity index (χ4n) is 5.60. The van der Waals surface area contributed by atoms with E-state index in [-0.39, 0.29) is 0 Å². The van der Waals surface area contributed by atoms with Crippen LogP contribution in [0.3, 0.4) is 0 Å². The SMILES string of the molecule is c1cc2c3c(c1)C1CN(CCc4noc5ccccc45)CCN1C3CCC2. The number of hydrogen-bond donors (Lipinski definition) is 0. The Morgan fingerprint density at radius 3 is 3.00 bits per heavy atom. The van der Waals surface area contributed by atoms with Crippen LogP contribution in [-0.2, 0) is 12.8 Å². The Balaban J connectivity index is 1.21. The van der Waals surface area contributed by atoms with Gasteiger partial charge >= 0.3 is 0 Å². The van der Waals surface area contributed by atoms with Crippen LogP contribution in [0.25, 0.3) is 11.0 Å². The Morgan fingerprint density at radius 1 is 1.04 bits per heavy atom. The molecule has 2 aromatic carbocycles. The van der Waals surface area contributed by atoms with E-state index in [4.69, 9.17) is 4.52 Å². The zero-order valence-electron chi connectivity index (χ0n) is 15.6. The monoisotopic (exact) mass is 359 g/mol. The Labute approximate surface area is 159 Å². The molecule has 3 heterocycles. The molecule has 0 N–H and O–H groups in total. The molecule has 0 amide bonds. The lowest BCUT2D eigenvalue weighted by Gasteiger charge is -2.40. The maximum absolute atomic E-state index is 5.48. The third-order valence-electron chi connectivity index (χ3n) is 6.87. The number of aryl methyl sites for hydroxylation is 1. The van der Waals surface area contributed by atoms with Crippen LogP contribution in [-0.4, -0.2) is 41.1 Å². The number of benzene rings is 2. The van der Waals surface area contributed by atoms with Gasteiger partial charge in [-0.2, -0.15) is 0 Å². The molecule has 6 rings (SSSR count). The molecule has 2 atom stereocenters. The Bertz CT molecular complexity index is 994. The summed E-state index contributed by atoms with van der Waals surface area (Å²) in [6, 6.07) is 16.5. The van der Waals surface area contributed by atoms with Crippen molar-refractivity contribution in [1.29, 1.82) is 0 Å². The third-order valence-corrected chi connectivity index (χ3v) is 6.87. The molecule has 0 spiro atoms. The Morgan fingerprint density at radius 2 is 2.00 bits per heavy atom. The topological polar surface area (TPSA) is 32.5 Å². The lowest BCUT2D eigenvalue weighted by molar-refractivity contribution is 0.0527. The van der Waals surface area contributed by atoms with Gasteiger partial charge in [0.05, 0.1) is 5.69 Å². The van der Waals surface area contributed by atoms with Gasteiger partial charge in [0.1, 0.15) is 0 Å². The summed E-state index contributed by atoms with van der Waals surface area (Å²) in [6.45, 7) is 4.54. The largest absolute Gasteiger partial charge is 0.356 e. The first-order valence-electron chi connectivity index (χ1n) is 10.3. The molecular weight excluding hydrogens is 334 g/mol. The summed E-state index contributed by atoms with van der Waals surface area (Å²) in [5, 5.41) is 5.48. The minimum atomic E-state index is 0.575. The average molecular weight is 359 g/mol. The second-order valence-corrected chi connectivity index (χ2v) is 8.26. The standard InChI is InChI=1S/C23H25N3O/c1-2-10-22-17(7-1)19(24-27-22)11-12-25-13-14-26-20-9-4-6-16-5-3-8-18(23(16)20)21(26)15-25/h1-3,5,7-8,10,20-21H,4,6,9,11-15H2. The summed E-state index contributed by atoms with van der Waals surface area (Å²) in [6.07, 6.45) is 4.90. The fourth-order valence-corrected chi connectivity index (χ4v) is 5.60. The minimum Gasteiger partial charge on any atom is -0.356 e. The van der Waals surface area contributed by atoms with E-state index in [0.29, 0.717) is 12.1 Å². The van der Waals surface area contributed by atoms with E-state index in [1.165, 1.54) is 25.8 Å². The molecule has 3 aromatic rings. The van der Waals surface area contributed by atoms with Crippen molar-refractivity contribution < 1.29 is 4.52 Å². The van der Waals surface area contributed by atoms with Gasteiger partial charge in [0.2, 0.25) is 0 Å². The van der Waals surface area contributed by atoms with Crippen molar-refractivity contribution in [2.24, 2.45) is 0 Å². The van der Waals surface area contributed by atoms with E-state index < -0.39 is 0 Å². The third kappa shape index (κ3) is 2.47. The molecule has 1 fully saturated rings. The van der Waals surface area contributed by atoms with Gasteiger partial charge in [-0.05, 0) is 48.1 Å². The molecule has 1 saturated heterocycles. The first-order chi connectivity index (χ1) is 13.4. The average Bonchev–Trinajstić information content (AvgIpc) is 3.28. The highest BCUT2D eigenvalue weighted by atomic mass is 16.5. The first kappa shape index (κ1) is 15.8. The van der Waals surface area contributed by atoms with Crippen molar-refractivity contribution in [2.45, 2.75) is 37.8 Å². The highest BCUT2D eigenvalue weighted by Gasteiger charge is 2.43. The van der Waals surface area contributed by atoms with E-state index in [0.717, 1.165) is 42.7 Å². The highest BCUT2D eigenvalue weighted by Crippen LogP contribution is 2.49. The van der Waals surface area contributed by atoms with E-state index in [2.05, 4.69) is 45.3 Å². The molecule has 2 aliphatic heterocycles. The van der Waals surface area contributed by atoms with E-state index in [1.54, 1.807) is 16.7 Å². The summed E-state index contributed by atoms with van der Waals surface area (Å²) in [7, 11) is 0. The zero-order valence-corrected chi connectivity index (χ0v) is 15.6. The van der Waals surface area contributed by atoms with Crippen molar-refractivity contribution >= 4 is 11.0 Å². The highest BCUT2D eigenvalue weighted by molar-refractivity contribution is 5.79. The molecule has 0 bridgehead atoms. The van der Waals surface area contributed by atoms with Gasteiger partial charge in [-0.25, -0.2) is 0 Å². The molecule has 0 radical (unpaired) electrons. The van der Waals surface area contributed by atoms with Gasteiger partial charge in [-0.3, -0.25) is 9.80 Å². The number of rotatable bonds is 3. The fraction of sp³-hybridized carbons (Fsp3) is 0.435. The maximum Gasteiger partial charge on any atom is 0.167 e. The lowest BCUT2D eigenvalue weighted by atomic mass is 9.86. The van der Waals surface area contributed by atoms with Crippen LogP contribution in [0.15, 0.2) is 47.0 Å². The molecule has 0 saturated carbocycles. The number of para-hydroxylation sites is 1. The molecule has 1 aliphatic carbocycles. The predicted molar refractivity (Wildman–Crippen MR) is 106 cm³/mol. The van der Waals surface area contributed by atoms with Crippen LogP contribution >= 0.6 is 0 Å². The van der Waals surface area contributed by atoms with Gasteiger partial charge in [0, 0.05) is 50.1 Å². The van der Waals surface area contributed by atoms with Crippen LogP contribution in [0.5, 0.6) is 0 Å². The quantitative estimate of drug-likeness (QED) is 0.704. The second-order valence-electron chi connectivity index (χ2n) is 8.26. The number of piperazine rings is 1. The molecule has 27 heavy (non-hydrogen) atoms. The molecule has 4 heteroatoms. The van der Waals surface area contributed by atoms with Crippen molar-refractivity contribution in [1.82, 2.24) is 15.0 Å². The molecule has 1 aromatic heterocycles. The Kier molecular flexibility index (Phi) is 3.63. The van der Waals surface area contributed by atoms with E-state index in [1.807, 2.05) is 12.1 Å². The van der Waals surface area contributed by atoms with Crippen LogP contribution < -0.4 is 0 Å². The van der Waals surface area contributed by atoms with Gasteiger partial charge in [-0.1, -0.05) is 35.5 Å². The van der Waals surface area contributed by atoms with Crippen molar-refractivity contribution in [3.8, 4) is 0 Å². The molecule has 4 nitrogen and oxygen atoms in total. The van der Waals surface area contributed by atoms with E-state index >= 15 is 0 Å². The smallest absolute Gasteiger partial charge is 0.167 e. The van der Waals surface area contributed by atoms with Crippen LogP contribution in [0.4, 0.5) is 0 Å². The summed E-state index contributed by atoms with van der Waals surface area (Å²) < 4.78 is 5.48.